The molecule has 1 saturated heterocycles. The number of halogens is 1. The third-order valence-corrected chi connectivity index (χ3v) is 7.65. The fraction of sp³-hybridized carbons (Fsp3) is 0.571. The van der Waals surface area contributed by atoms with E-state index in [1.54, 1.807) is 12.1 Å². The minimum absolute atomic E-state index is 0.152. The van der Waals surface area contributed by atoms with Crippen molar-refractivity contribution in [3.05, 3.63) is 15.9 Å². The van der Waals surface area contributed by atoms with Gasteiger partial charge in [-0.25, -0.2) is 8.42 Å². The maximum atomic E-state index is 12.6. The van der Waals surface area contributed by atoms with E-state index < -0.39 is 10.0 Å². The van der Waals surface area contributed by atoms with Gasteiger partial charge in [-0.2, -0.15) is 4.31 Å². The molecule has 7 nitrogen and oxygen atoms in total. The van der Waals surface area contributed by atoms with Crippen molar-refractivity contribution >= 4 is 49.1 Å². The number of nitrogens with zero attached hydrogens (tertiary/aromatic N) is 1. The van der Waals surface area contributed by atoms with Gasteiger partial charge in [0.1, 0.15) is 4.21 Å². The van der Waals surface area contributed by atoms with Crippen LogP contribution in [0.2, 0.25) is 0 Å². The van der Waals surface area contributed by atoms with Gasteiger partial charge in [-0.05, 0) is 40.9 Å². The Morgan fingerprint density at radius 2 is 2.04 bits per heavy atom. The Bertz CT molecular complexity index is 705. The first-order valence-corrected chi connectivity index (χ1v) is 10.6. The molecule has 0 aliphatic carbocycles. The van der Waals surface area contributed by atoms with E-state index in [1.165, 1.54) is 11.2 Å². The molecule has 2 amide bonds. The molecule has 2 N–H and O–H groups in total. The van der Waals surface area contributed by atoms with Crippen LogP contribution in [0.3, 0.4) is 0 Å². The molecule has 1 aromatic rings. The number of nitrogens with one attached hydrogen (secondary N) is 2. The zero-order valence-electron chi connectivity index (χ0n) is 13.2. The van der Waals surface area contributed by atoms with E-state index in [0.29, 0.717) is 32.5 Å². The van der Waals surface area contributed by atoms with Crippen LogP contribution < -0.4 is 10.6 Å². The van der Waals surface area contributed by atoms with E-state index in [1.807, 2.05) is 0 Å². The zero-order valence-corrected chi connectivity index (χ0v) is 16.5. The van der Waals surface area contributed by atoms with Gasteiger partial charge in [0.15, 0.2) is 0 Å². The van der Waals surface area contributed by atoms with Gasteiger partial charge in [0.25, 0.3) is 10.0 Å². The summed E-state index contributed by atoms with van der Waals surface area (Å²) >= 11 is 4.43. The normalized spacial score (nSPS) is 19.0. The lowest BCUT2D eigenvalue weighted by Gasteiger charge is -2.30. The predicted octanol–water partition coefficient (Wildman–Crippen LogP) is 1.16. The quantitative estimate of drug-likeness (QED) is 0.652. The van der Waals surface area contributed by atoms with Gasteiger partial charge in [-0.15, -0.1) is 11.3 Å². The van der Waals surface area contributed by atoms with Crippen LogP contribution in [0.1, 0.15) is 19.8 Å². The average Bonchev–Trinajstić information content (AvgIpc) is 2.98. The van der Waals surface area contributed by atoms with Crippen LogP contribution in [0.15, 0.2) is 20.1 Å². The fourth-order valence-corrected chi connectivity index (χ4v) is 6.19. The van der Waals surface area contributed by atoms with Crippen molar-refractivity contribution in [2.24, 2.45) is 5.92 Å². The van der Waals surface area contributed by atoms with Gasteiger partial charge in [-0.3, -0.25) is 9.59 Å². The van der Waals surface area contributed by atoms with Crippen LogP contribution in [-0.2, 0) is 19.6 Å². The smallest absolute Gasteiger partial charge is 0.252 e. The Hall–Kier alpha value is -0.970. The van der Waals surface area contributed by atoms with Crippen molar-refractivity contribution in [3.63, 3.8) is 0 Å². The maximum absolute atomic E-state index is 12.6. The molecule has 2 rings (SSSR count). The number of hydrogen-bond donors (Lipinski definition) is 2. The molecule has 134 valence electrons. The fourth-order valence-electron chi connectivity index (χ4n) is 2.51. The third kappa shape index (κ3) is 5.01. The highest BCUT2D eigenvalue weighted by Gasteiger charge is 2.33. The van der Waals surface area contributed by atoms with Crippen LogP contribution in [0, 0.1) is 5.92 Å². The summed E-state index contributed by atoms with van der Waals surface area (Å²) < 4.78 is 27.7. The van der Waals surface area contributed by atoms with E-state index in [9.17, 15) is 18.0 Å². The van der Waals surface area contributed by atoms with Crippen LogP contribution in [0.25, 0.3) is 0 Å². The monoisotopic (exact) mass is 437 g/mol. The number of carbonyl (C=O) groups excluding carboxylic acids is 2. The van der Waals surface area contributed by atoms with Gasteiger partial charge < -0.3 is 10.6 Å². The molecule has 2 heterocycles. The van der Waals surface area contributed by atoms with Crippen molar-refractivity contribution in [1.82, 2.24) is 14.9 Å². The largest absolute Gasteiger partial charge is 0.355 e. The molecule has 0 bridgehead atoms. The second-order valence-electron chi connectivity index (χ2n) is 5.53. The molecule has 0 aromatic carbocycles. The first-order chi connectivity index (χ1) is 11.3. The van der Waals surface area contributed by atoms with E-state index >= 15 is 0 Å². The van der Waals surface area contributed by atoms with E-state index in [4.69, 9.17) is 0 Å². The second kappa shape index (κ2) is 8.41. The standard InChI is InChI=1S/C14H20BrN3O4S2/c1-10(19)16-6-7-17-14(20)11-3-2-8-18(9-11)24(21,22)13-5-4-12(15)23-13/h4-5,11H,2-3,6-9H2,1H3,(H,16,19)(H,17,20)/t11-/m1/s1. The molecular formula is C14H20BrN3O4S2. The summed E-state index contributed by atoms with van der Waals surface area (Å²) in [6.45, 7) is 2.71. The van der Waals surface area contributed by atoms with E-state index in [-0.39, 0.29) is 28.5 Å². The number of rotatable bonds is 6. The molecule has 24 heavy (non-hydrogen) atoms. The van der Waals surface area contributed by atoms with Crippen molar-refractivity contribution < 1.29 is 18.0 Å². The molecule has 10 heteroatoms. The lowest BCUT2D eigenvalue weighted by Crippen LogP contribution is -2.46. The van der Waals surface area contributed by atoms with Crippen molar-refractivity contribution in [2.45, 2.75) is 24.0 Å². The van der Waals surface area contributed by atoms with Gasteiger partial charge in [0, 0.05) is 33.1 Å². The molecule has 0 saturated carbocycles. The minimum Gasteiger partial charge on any atom is -0.355 e. The Kier molecular flexibility index (Phi) is 6.79. The van der Waals surface area contributed by atoms with Crippen LogP contribution in [0.5, 0.6) is 0 Å². The highest BCUT2D eigenvalue weighted by atomic mass is 79.9. The van der Waals surface area contributed by atoms with E-state index in [0.717, 1.165) is 15.1 Å². The topological polar surface area (TPSA) is 95.6 Å². The molecule has 1 fully saturated rings. The number of piperidine rings is 1. The number of sulfonamides is 1. The number of thiophene rings is 1. The zero-order chi connectivity index (χ0) is 17.7. The van der Waals surface area contributed by atoms with E-state index in [2.05, 4.69) is 26.6 Å². The average molecular weight is 438 g/mol. The predicted molar refractivity (Wildman–Crippen MR) is 95.2 cm³/mol. The molecule has 1 aliphatic rings. The highest BCUT2D eigenvalue weighted by Crippen LogP contribution is 2.30. The summed E-state index contributed by atoms with van der Waals surface area (Å²) in [5.74, 6) is -0.692. The van der Waals surface area contributed by atoms with Crippen LogP contribution in [0.4, 0.5) is 0 Å². The summed E-state index contributed by atoms with van der Waals surface area (Å²) in [7, 11) is -3.56. The lowest BCUT2D eigenvalue weighted by molar-refractivity contribution is -0.126. The Labute approximate surface area is 154 Å². The molecule has 0 unspecified atom stereocenters. The first kappa shape index (κ1) is 19.4. The molecule has 1 aromatic heterocycles. The Balaban J connectivity index is 1.93. The molecule has 0 spiro atoms. The molecule has 1 atom stereocenters. The van der Waals surface area contributed by atoms with Gasteiger partial charge >= 0.3 is 0 Å². The van der Waals surface area contributed by atoms with Crippen molar-refractivity contribution in [3.8, 4) is 0 Å². The highest BCUT2D eigenvalue weighted by molar-refractivity contribution is 9.11. The maximum Gasteiger partial charge on any atom is 0.252 e. The van der Waals surface area contributed by atoms with Crippen LogP contribution in [-0.4, -0.2) is 50.7 Å². The Morgan fingerprint density at radius 3 is 2.67 bits per heavy atom. The summed E-state index contributed by atoms with van der Waals surface area (Å²) in [6, 6.07) is 3.27. The van der Waals surface area contributed by atoms with Crippen LogP contribution >= 0.6 is 27.3 Å². The van der Waals surface area contributed by atoms with Gasteiger partial charge in [-0.1, -0.05) is 0 Å². The first-order valence-electron chi connectivity index (χ1n) is 7.58. The third-order valence-electron chi connectivity index (χ3n) is 3.70. The van der Waals surface area contributed by atoms with Gasteiger partial charge in [0.2, 0.25) is 11.8 Å². The molecule has 1 aliphatic heterocycles. The summed E-state index contributed by atoms with van der Waals surface area (Å²) in [6.07, 6.45) is 1.31. The summed E-state index contributed by atoms with van der Waals surface area (Å²) in [5, 5.41) is 5.34. The molecular weight excluding hydrogens is 418 g/mol. The second-order valence-corrected chi connectivity index (χ2v) is 10.2. The lowest BCUT2D eigenvalue weighted by atomic mass is 9.99. The Morgan fingerprint density at radius 1 is 1.33 bits per heavy atom. The number of hydrogen-bond acceptors (Lipinski definition) is 5. The minimum atomic E-state index is -3.56. The van der Waals surface area contributed by atoms with Crippen molar-refractivity contribution in [2.75, 3.05) is 26.2 Å². The molecule has 0 radical (unpaired) electrons. The SMILES string of the molecule is CC(=O)NCCNC(=O)[C@@H]1CCCN(S(=O)(=O)c2ccc(Br)s2)C1. The summed E-state index contributed by atoms with van der Waals surface area (Å²) in [5.41, 5.74) is 0. The van der Waals surface area contributed by atoms with Crippen molar-refractivity contribution in [1.29, 1.82) is 0 Å². The summed E-state index contributed by atoms with van der Waals surface area (Å²) in [4.78, 5) is 23.0. The number of carbonyl (C=O) groups is 2. The van der Waals surface area contributed by atoms with Gasteiger partial charge in [0.05, 0.1) is 9.70 Å². The number of amides is 2.